The Balaban J connectivity index is 2.28. The smallest absolute Gasteiger partial charge is 0.173 e. The lowest BCUT2D eigenvalue weighted by atomic mass is 9.93. The van der Waals surface area contributed by atoms with E-state index >= 15 is 0 Å². The first-order chi connectivity index (χ1) is 20.3. The molecule has 0 saturated carbocycles. The molecule has 12 nitrogen and oxygen atoms in total. The summed E-state index contributed by atoms with van der Waals surface area (Å²) < 4.78 is 11.4. The quantitative estimate of drug-likeness (QED) is 0.0643. The molecule has 1 fully saturated rings. The molecule has 11 N–H and O–H groups in total. The molecule has 0 spiro atoms. The molecule has 1 heterocycles. The third kappa shape index (κ3) is 17.9. The summed E-state index contributed by atoms with van der Waals surface area (Å²) >= 11 is 0. The van der Waals surface area contributed by atoms with E-state index in [9.17, 15) is 46.0 Å². The van der Waals surface area contributed by atoms with Crippen molar-refractivity contribution in [2.75, 3.05) is 19.8 Å². The van der Waals surface area contributed by atoms with E-state index in [4.69, 9.17) is 15.2 Å². The Morgan fingerprint density at radius 2 is 1.02 bits per heavy atom. The molecule has 0 aliphatic carbocycles. The Hall–Kier alpha value is -1.00. The number of rotatable bonds is 24. The van der Waals surface area contributed by atoms with Crippen molar-refractivity contribution in [2.24, 2.45) is 11.7 Å². The van der Waals surface area contributed by atoms with Crippen LogP contribution in [0.3, 0.4) is 0 Å². The van der Waals surface area contributed by atoms with Crippen LogP contribution in [-0.2, 0) is 9.47 Å². The van der Waals surface area contributed by atoms with Crippen LogP contribution in [0.5, 0.6) is 0 Å². The van der Waals surface area contributed by atoms with E-state index in [1.165, 1.54) is 12.2 Å². The fraction of sp³-hybridized carbons (Fsp3) is 0.871. The third-order valence-corrected chi connectivity index (χ3v) is 7.65. The highest BCUT2D eigenvalue weighted by molar-refractivity contribution is 4.93. The Labute approximate surface area is 256 Å². The topological polar surface area (TPSA) is 227 Å². The highest BCUT2D eigenvalue weighted by Crippen LogP contribution is 2.33. The molecule has 0 aromatic carbocycles. The van der Waals surface area contributed by atoms with Crippen LogP contribution in [0.2, 0.25) is 0 Å². The number of ether oxygens (including phenoxy) is 2. The molecule has 9 atom stereocenters. The molecule has 12 heteroatoms. The summed E-state index contributed by atoms with van der Waals surface area (Å²) in [6.07, 6.45) is -0.136. The molecular formula is C31H59NO11. The normalized spacial score (nSPS) is 22.1. The number of aliphatic hydroxyl groups excluding tert-OH is 9. The van der Waals surface area contributed by atoms with Gasteiger partial charge in [0.2, 0.25) is 0 Å². The summed E-state index contributed by atoms with van der Waals surface area (Å²) in [5.41, 5.74) is 5.40. The lowest BCUT2D eigenvalue weighted by Crippen LogP contribution is -2.41. The Kier molecular flexibility index (Phi) is 20.2. The highest BCUT2D eigenvalue weighted by Gasteiger charge is 2.41. The molecule has 0 aromatic rings. The molecule has 1 saturated heterocycles. The van der Waals surface area contributed by atoms with E-state index < -0.39 is 60.7 Å². The van der Waals surface area contributed by atoms with Crippen LogP contribution in [0, 0.1) is 5.92 Å². The van der Waals surface area contributed by atoms with Gasteiger partial charge in [0, 0.05) is 25.2 Å². The summed E-state index contributed by atoms with van der Waals surface area (Å²) in [5.74, 6) is -0.839. The first-order valence-electron chi connectivity index (χ1n) is 15.7. The van der Waals surface area contributed by atoms with Gasteiger partial charge in [-0.05, 0) is 57.9 Å². The summed E-state index contributed by atoms with van der Waals surface area (Å²) in [5, 5.41) is 91.5. The zero-order chi connectivity index (χ0) is 32.4. The molecule has 0 aromatic heterocycles. The Bertz CT molecular complexity index is 762. The van der Waals surface area contributed by atoms with Gasteiger partial charge in [-0.1, -0.05) is 38.2 Å². The largest absolute Gasteiger partial charge is 0.393 e. The summed E-state index contributed by atoms with van der Waals surface area (Å²) in [6, 6.07) is 0. The van der Waals surface area contributed by atoms with Crippen LogP contribution in [0.1, 0.15) is 84.5 Å². The van der Waals surface area contributed by atoms with Crippen LogP contribution in [0.4, 0.5) is 0 Å². The summed E-state index contributed by atoms with van der Waals surface area (Å²) in [6.45, 7) is 5.28. The van der Waals surface area contributed by atoms with Crippen molar-refractivity contribution in [1.82, 2.24) is 0 Å². The first-order valence-corrected chi connectivity index (χ1v) is 15.7. The molecule has 43 heavy (non-hydrogen) atoms. The van der Waals surface area contributed by atoms with Crippen LogP contribution in [0.25, 0.3) is 0 Å². The monoisotopic (exact) mass is 621 g/mol. The minimum absolute atomic E-state index is 0.00134. The molecule has 0 radical (unpaired) electrons. The minimum atomic E-state index is -1.01. The van der Waals surface area contributed by atoms with Crippen molar-refractivity contribution in [3.8, 4) is 0 Å². The second-order valence-electron chi connectivity index (χ2n) is 12.3. The van der Waals surface area contributed by atoms with E-state index in [0.717, 1.165) is 0 Å². The predicted molar refractivity (Wildman–Crippen MR) is 162 cm³/mol. The predicted octanol–water partition coefficient (Wildman–Crippen LogP) is -0.00420. The van der Waals surface area contributed by atoms with E-state index in [-0.39, 0.29) is 63.7 Å². The average molecular weight is 622 g/mol. The first kappa shape index (κ1) is 40.0. The number of nitrogens with two attached hydrogens (primary N) is 1. The van der Waals surface area contributed by atoms with Crippen molar-refractivity contribution in [3.63, 3.8) is 0 Å². The molecule has 1 rings (SSSR count). The van der Waals surface area contributed by atoms with Crippen LogP contribution >= 0.6 is 0 Å². The van der Waals surface area contributed by atoms with Gasteiger partial charge in [-0.3, -0.25) is 0 Å². The second kappa shape index (κ2) is 21.7. The zero-order valence-corrected chi connectivity index (χ0v) is 25.9. The van der Waals surface area contributed by atoms with Gasteiger partial charge in [0.25, 0.3) is 0 Å². The van der Waals surface area contributed by atoms with Crippen LogP contribution in [-0.4, -0.2) is 126 Å². The lowest BCUT2D eigenvalue weighted by Gasteiger charge is -2.33. The molecule has 9 unspecified atom stereocenters. The Morgan fingerprint density at radius 1 is 0.605 bits per heavy atom. The minimum Gasteiger partial charge on any atom is -0.393 e. The van der Waals surface area contributed by atoms with Crippen molar-refractivity contribution in [2.45, 2.75) is 145 Å². The summed E-state index contributed by atoms with van der Waals surface area (Å²) in [7, 11) is 0. The van der Waals surface area contributed by atoms with E-state index in [1.54, 1.807) is 12.2 Å². The van der Waals surface area contributed by atoms with Crippen LogP contribution < -0.4 is 5.73 Å². The molecule has 0 amide bonds. The zero-order valence-electron chi connectivity index (χ0n) is 25.9. The SMILES string of the molecule is CC(C)C1(CC(O)CC(O)CC(O)C=CCC(O)CC(O)CC(O)CC(O)C=CCC(O)CC(O)CCCN)OCCO1. The molecule has 0 bridgehead atoms. The fourth-order valence-corrected chi connectivity index (χ4v) is 5.28. The second-order valence-corrected chi connectivity index (χ2v) is 12.3. The van der Waals surface area contributed by atoms with Gasteiger partial charge in [0.15, 0.2) is 5.79 Å². The molecule has 1 aliphatic rings. The van der Waals surface area contributed by atoms with E-state index in [1.807, 2.05) is 13.8 Å². The standard InChI is InChI=1S/C31H59NO11/c1-21(2)31(42-12-13-43-31)20-30(41)19-29(40)17-25(36)9-4-8-24(35)16-28(39)18-27(38)15-23(34)7-3-6-22(33)14-26(37)10-5-11-32/h3-4,7,9,21-30,33-41H,5-6,8,10-20,32H2,1-2H3. The Morgan fingerprint density at radius 3 is 1.49 bits per heavy atom. The number of hydrogen-bond acceptors (Lipinski definition) is 12. The van der Waals surface area contributed by atoms with Crippen molar-refractivity contribution < 1.29 is 55.4 Å². The van der Waals surface area contributed by atoms with Gasteiger partial charge in [0.1, 0.15) is 0 Å². The van der Waals surface area contributed by atoms with Gasteiger partial charge in [0.05, 0.1) is 68.1 Å². The van der Waals surface area contributed by atoms with Gasteiger partial charge < -0.3 is 61.2 Å². The maximum absolute atomic E-state index is 10.4. The van der Waals surface area contributed by atoms with Gasteiger partial charge >= 0.3 is 0 Å². The molecular weight excluding hydrogens is 562 g/mol. The fourth-order valence-electron chi connectivity index (χ4n) is 5.28. The molecule has 1 aliphatic heterocycles. The third-order valence-electron chi connectivity index (χ3n) is 7.65. The van der Waals surface area contributed by atoms with Gasteiger partial charge in [-0.2, -0.15) is 0 Å². The van der Waals surface area contributed by atoms with Crippen LogP contribution in [0.15, 0.2) is 24.3 Å². The highest BCUT2D eigenvalue weighted by atomic mass is 16.7. The maximum Gasteiger partial charge on any atom is 0.173 e. The van der Waals surface area contributed by atoms with E-state index in [2.05, 4.69) is 0 Å². The maximum atomic E-state index is 10.4. The van der Waals surface area contributed by atoms with Crippen molar-refractivity contribution >= 4 is 0 Å². The number of aliphatic hydroxyl groups is 9. The van der Waals surface area contributed by atoms with E-state index in [0.29, 0.717) is 32.6 Å². The summed E-state index contributed by atoms with van der Waals surface area (Å²) in [4.78, 5) is 0. The number of hydrogen-bond donors (Lipinski definition) is 10. The van der Waals surface area contributed by atoms with Crippen molar-refractivity contribution in [3.05, 3.63) is 24.3 Å². The van der Waals surface area contributed by atoms with Gasteiger partial charge in [-0.25, -0.2) is 0 Å². The van der Waals surface area contributed by atoms with Crippen molar-refractivity contribution in [1.29, 1.82) is 0 Å². The lowest BCUT2D eigenvalue weighted by molar-refractivity contribution is -0.206. The molecule has 254 valence electrons. The average Bonchev–Trinajstić information content (AvgIpc) is 3.36. The van der Waals surface area contributed by atoms with Gasteiger partial charge in [-0.15, -0.1) is 0 Å².